The Morgan fingerprint density at radius 3 is 2.60 bits per heavy atom. The minimum absolute atomic E-state index is 0.184. The van der Waals surface area contributed by atoms with Crippen LogP contribution in [-0.2, 0) is 11.3 Å². The Morgan fingerprint density at radius 2 is 1.87 bits per heavy atom. The third-order valence-electron chi connectivity index (χ3n) is 5.94. The van der Waals surface area contributed by atoms with Gasteiger partial charge in [-0.05, 0) is 42.3 Å². The summed E-state index contributed by atoms with van der Waals surface area (Å²) in [6.07, 6.45) is -0.492. The number of rotatable bonds is 3. The molecular weight excluding hydrogens is 446 g/mol. The Hall–Kier alpha value is -2.87. The van der Waals surface area contributed by atoms with Crippen LogP contribution >= 0.6 is 15.9 Å². The molecule has 0 saturated carbocycles. The van der Waals surface area contributed by atoms with Crippen molar-refractivity contribution < 1.29 is 9.59 Å². The minimum atomic E-state index is -0.492. The van der Waals surface area contributed by atoms with Gasteiger partial charge in [0.15, 0.2) is 12.2 Å². The molecule has 0 bridgehead atoms. The van der Waals surface area contributed by atoms with E-state index in [1.165, 1.54) is 10.5 Å². The summed E-state index contributed by atoms with van der Waals surface area (Å²) in [4.78, 5) is 38.3. The van der Waals surface area contributed by atoms with Gasteiger partial charge in [0.25, 0.3) is 5.91 Å². The molecule has 2 fully saturated rings. The van der Waals surface area contributed by atoms with E-state index < -0.39 is 12.2 Å². The average Bonchev–Trinajstić information content (AvgIpc) is 3.30. The van der Waals surface area contributed by atoms with Crippen molar-refractivity contribution in [2.24, 2.45) is 4.99 Å². The minimum Gasteiger partial charge on any atom is -0.325 e. The fraction of sp³-hybridized carbons (Fsp3) is 0.318. The predicted molar refractivity (Wildman–Crippen MR) is 118 cm³/mol. The van der Waals surface area contributed by atoms with Gasteiger partial charge in [-0.1, -0.05) is 40.2 Å². The molecule has 0 radical (unpaired) electrons. The number of halogens is 1. The van der Waals surface area contributed by atoms with Crippen molar-refractivity contribution in [3.05, 3.63) is 64.1 Å². The number of hydrogen-bond donors (Lipinski definition) is 0. The van der Waals surface area contributed by atoms with Gasteiger partial charge in [-0.3, -0.25) is 9.69 Å². The maximum Gasteiger partial charge on any atom is 0.328 e. The molecular formula is C22H22BrN5O2. The van der Waals surface area contributed by atoms with Gasteiger partial charge in [-0.25, -0.2) is 9.79 Å². The Labute approximate surface area is 183 Å². The summed E-state index contributed by atoms with van der Waals surface area (Å²) < 4.78 is 0.960. The first kappa shape index (κ1) is 19.1. The Balaban J connectivity index is 1.43. The second kappa shape index (κ2) is 7.12. The quantitative estimate of drug-likeness (QED) is 0.695. The van der Waals surface area contributed by atoms with Crippen LogP contribution in [0, 0.1) is 6.92 Å². The van der Waals surface area contributed by atoms with Gasteiger partial charge in [0.05, 0.1) is 6.54 Å². The van der Waals surface area contributed by atoms with Crippen molar-refractivity contribution in [1.29, 1.82) is 0 Å². The Kier molecular flexibility index (Phi) is 4.54. The molecule has 3 aliphatic rings. The molecule has 2 atom stereocenters. The molecule has 7 nitrogen and oxygen atoms in total. The Bertz CT molecular complexity index is 1050. The number of amides is 3. The van der Waals surface area contributed by atoms with Gasteiger partial charge in [0.2, 0.25) is 5.96 Å². The zero-order valence-electron chi connectivity index (χ0n) is 16.8. The number of likely N-dealkylation sites (N-methyl/N-ethyl adjacent to an activating group) is 1. The molecule has 2 aromatic rings. The largest absolute Gasteiger partial charge is 0.328 e. The van der Waals surface area contributed by atoms with Crippen LogP contribution in [0.15, 0.2) is 58.0 Å². The van der Waals surface area contributed by atoms with E-state index in [0.717, 1.165) is 28.2 Å². The number of hydrogen-bond acceptors (Lipinski definition) is 5. The highest BCUT2D eigenvalue weighted by molar-refractivity contribution is 9.10. The molecule has 2 unspecified atom stereocenters. The number of carbonyl (C=O) groups is 2. The number of benzene rings is 2. The van der Waals surface area contributed by atoms with E-state index in [-0.39, 0.29) is 18.5 Å². The highest BCUT2D eigenvalue weighted by Gasteiger charge is 2.54. The first-order valence-corrected chi connectivity index (χ1v) is 10.7. The fourth-order valence-electron chi connectivity index (χ4n) is 4.40. The van der Waals surface area contributed by atoms with E-state index >= 15 is 0 Å². The first-order valence-electron chi connectivity index (χ1n) is 9.95. The fourth-order valence-corrected chi connectivity index (χ4v) is 4.66. The van der Waals surface area contributed by atoms with Crippen molar-refractivity contribution in [2.75, 3.05) is 25.0 Å². The molecule has 3 heterocycles. The number of aliphatic imine (C=N–C) groups is 1. The van der Waals surface area contributed by atoms with E-state index in [2.05, 4.69) is 46.0 Å². The number of nitrogens with zero attached hydrogens (tertiary/aromatic N) is 5. The highest BCUT2D eigenvalue weighted by Crippen LogP contribution is 2.34. The van der Waals surface area contributed by atoms with Crippen LogP contribution in [0.25, 0.3) is 0 Å². The molecule has 0 aromatic heterocycles. The third kappa shape index (κ3) is 2.98. The van der Waals surface area contributed by atoms with Crippen LogP contribution in [-0.4, -0.2) is 64.9 Å². The van der Waals surface area contributed by atoms with E-state index in [1.54, 1.807) is 11.9 Å². The number of guanidine groups is 1. The number of anilines is 1. The van der Waals surface area contributed by atoms with Crippen molar-refractivity contribution in [3.8, 4) is 0 Å². The van der Waals surface area contributed by atoms with Crippen LogP contribution < -0.4 is 4.90 Å². The number of urea groups is 1. The molecule has 2 saturated heterocycles. The second-order valence-electron chi connectivity index (χ2n) is 7.92. The van der Waals surface area contributed by atoms with E-state index in [1.807, 2.05) is 35.2 Å². The van der Waals surface area contributed by atoms with Crippen molar-refractivity contribution in [1.82, 2.24) is 14.7 Å². The molecule has 154 valence electrons. The van der Waals surface area contributed by atoms with E-state index in [9.17, 15) is 9.59 Å². The van der Waals surface area contributed by atoms with E-state index in [4.69, 9.17) is 4.99 Å². The lowest BCUT2D eigenvalue weighted by Crippen LogP contribution is -2.64. The smallest absolute Gasteiger partial charge is 0.325 e. The molecule has 3 aliphatic heterocycles. The zero-order chi connectivity index (χ0) is 21.0. The van der Waals surface area contributed by atoms with Crippen LogP contribution in [0.1, 0.15) is 11.1 Å². The lowest BCUT2D eigenvalue weighted by atomic mass is 10.1. The van der Waals surface area contributed by atoms with Gasteiger partial charge in [-0.2, -0.15) is 0 Å². The van der Waals surface area contributed by atoms with Crippen LogP contribution in [0.3, 0.4) is 0 Å². The van der Waals surface area contributed by atoms with Crippen molar-refractivity contribution >= 4 is 39.5 Å². The summed E-state index contributed by atoms with van der Waals surface area (Å²) in [5, 5.41) is 0. The van der Waals surface area contributed by atoms with Crippen molar-refractivity contribution in [2.45, 2.75) is 25.7 Å². The maximum absolute atomic E-state index is 13.4. The average molecular weight is 468 g/mol. The van der Waals surface area contributed by atoms with Crippen LogP contribution in [0.2, 0.25) is 0 Å². The predicted octanol–water partition coefficient (Wildman–Crippen LogP) is 3.04. The maximum atomic E-state index is 13.4. The molecule has 30 heavy (non-hydrogen) atoms. The van der Waals surface area contributed by atoms with Gasteiger partial charge in [0.1, 0.15) is 0 Å². The molecule has 2 aromatic carbocycles. The van der Waals surface area contributed by atoms with Gasteiger partial charge in [0, 0.05) is 30.3 Å². The van der Waals surface area contributed by atoms with Gasteiger partial charge in [-0.15, -0.1) is 0 Å². The second-order valence-corrected chi connectivity index (χ2v) is 8.83. The normalized spacial score (nSPS) is 23.1. The SMILES string of the molecule is Cc1cccc(N2CCN3C2=NC2C3C(=O)N(Cc3ccc(Br)cc3)C(=O)N2C)c1. The third-order valence-corrected chi connectivity index (χ3v) is 6.47. The first-order chi connectivity index (χ1) is 14.4. The van der Waals surface area contributed by atoms with Gasteiger partial charge < -0.3 is 14.7 Å². The standard InChI is InChI=1S/C22H22BrN5O2/c1-14-4-3-5-17(12-14)26-10-11-27-18-19(24-21(26)27)25(2)22(30)28(20(18)29)13-15-6-8-16(23)9-7-15/h3-9,12,18-19H,10-11,13H2,1-2H3. The van der Waals surface area contributed by atoms with Gasteiger partial charge >= 0.3 is 6.03 Å². The van der Waals surface area contributed by atoms with Crippen LogP contribution in [0.4, 0.5) is 10.5 Å². The lowest BCUT2D eigenvalue weighted by molar-refractivity contribution is -0.137. The molecule has 0 aliphatic carbocycles. The number of aryl methyl sites for hydroxylation is 1. The zero-order valence-corrected chi connectivity index (χ0v) is 18.4. The number of carbonyl (C=O) groups excluding carboxylic acids is 2. The number of imide groups is 1. The Morgan fingerprint density at radius 1 is 1.10 bits per heavy atom. The summed E-state index contributed by atoms with van der Waals surface area (Å²) in [5.74, 6) is 0.588. The summed E-state index contributed by atoms with van der Waals surface area (Å²) in [6.45, 7) is 3.78. The number of fused-ring (bicyclic) bond motifs is 3. The summed E-state index contributed by atoms with van der Waals surface area (Å²) in [5.41, 5.74) is 3.14. The van der Waals surface area contributed by atoms with Crippen molar-refractivity contribution in [3.63, 3.8) is 0 Å². The topological polar surface area (TPSA) is 59.5 Å². The van der Waals surface area contributed by atoms with Crippen LogP contribution in [0.5, 0.6) is 0 Å². The summed E-state index contributed by atoms with van der Waals surface area (Å²) in [6, 6.07) is 15.1. The summed E-state index contributed by atoms with van der Waals surface area (Å²) >= 11 is 3.42. The van der Waals surface area contributed by atoms with E-state index in [0.29, 0.717) is 6.54 Å². The monoisotopic (exact) mass is 467 g/mol. The molecule has 5 rings (SSSR count). The molecule has 0 spiro atoms. The molecule has 8 heteroatoms. The highest BCUT2D eigenvalue weighted by atomic mass is 79.9. The lowest BCUT2D eigenvalue weighted by Gasteiger charge is -2.40. The molecule has 3 amide bonds. The molecule has 0 N–H and O–H groups in total. The summed E-state index contributed by atoms with van der Waals surface area (Å²) in [7, 11) is 1.73.